The largest absolute Gasteiger partial charge is 0.426 e. The average Bonchev–Trinajstić information content (AvgIpc) is 2.89. The minimum atomic E-state index is -0.832. The van der Waals surface area contributed by atoms with Crippen LogP contribution in [0, 0.1) is 5.82 Å². The maximum absolute atomic E-state index is 14.8. The molecular weight excluding hydrogens is 451 g/mol. The van der Waals surface area contributed by atoms with Crippen LogP contribution in [0.4, 0.5) is 4.39 Å². The summed E-state index contributed by atoms with van der Waals surface area (Å²) in [7, 11) is 0. The van der Waals surface area contributed by atoms with Crippen molar-refractivity contribution in [1.82, 2.24) is 0 Å². The minimum Gasteiger partial charge on any atom is -0.426 e. The first-order valence-electron chi connectivity index (χ1n) is 9.87. The summed E-state index contributed by atoms with van der Waals surface area (Å²) in [6, 6.07) is 12.1. The summed E-state index contributed by atoms with van der Waals surface area (Å²) in [4.78, 5) is 12.3. The molecule has 1 atom stereocenters. The second kappa shape index (κ2) is 7.29. The molecule has 6 heteroatoms. The highest BCUT2D eigenvalue weighted by Gasteiger charge is 2.50. The number of halogens is 2. The molecule has 1 aromatic heterocycles. The first-order valence-corrected chi connectivity index (χ1v) is 10.8. The standard InChI is InChI=1S/C24H24BrFO4/c1-13(25)20-19(15-8-6-7-9-16(15)21(27)28-20)14-10-11-18(26)17(12-14)22-29-23(2,3)24(4,5)30-22/h6-13,22H,1-5H3. The Kier molecular flexibility index (Phi) is 5.16. The second-order valence-electron chi connectivity index (χ2n) is 8.61. The van der Waals surface area contributed by atoms with E-state index in [1.54, 1.807) is 24.3 Å². The van der Waals surface area contributed by atoms with E-state index in [2.05, 4.69) is 15.9 Å². The van der Waals surface area contributed by atoms with Crippen LogP contribution in [-0.4, -0.2) is 11.2 Å². The lowest BCUT2D eigenvalue weighted by molar-refractivity contribution is -0.0914. The van der Waals surface area contributed by atoms with E-state index in [1.807, 2.05) is 46.8 Å². The lowest BCUT2D eigenvalue weighted by Gasteiger charge is -2.30. The zero-order valence-corrected chi connectivity index (χ0v) is 19.2. The van der Waals surface area contributed by atoms with Gasteiger partial charge in [0.25, 0.3) is 0 Å². The molecule has 1 unspecified atom stereocenters. The van der Waals surface area contributed by atoms with E-state index < -0.39 is 28.9 Å². The van der Waals surface area contributed by atoms with Crippen LogP contribution in [0.2, 0.25) is 0 Å². The van der Waals surface area contributed by atoms with E-state index in [0.717, 1.165) is 16.5 Å². The normalized spacial score (nSPS) is 19.3. The van der Waals surface area contributed by atoms with Gasteiger partial charge in [-0.2, -0.15) is 0 Å². The third kappa shape index (κ3) is 3.41. The summed E-state index contributed by atoms with van der Waals surface area (Å²) >= 11 is 3.52. The quantitative estimate of drug-likeness (QED) is 0.398. The molecule has 0 aliphatic carbocycles. The fourth-order valence-electron chi connectivity index (χ4n) is 3.65. The third-order valence-electron chi connectivity index (χ3n) is 6.02. The number of benzene rings is 2. The summed E-state index contributed by atoms with van der Waals surface area (Å²) in [5, 5.41) is 1.23. The van der Waals surface area contributed by atoms with Crippen molar-refractivity contribution in [3.63, 3.8) is 0 Å². The first-order chi connectivity index (χ1) is 14.0. The fraction of sp³-hybridized carbons (Fsp3) is 0.375. The van der Waals surface area contributed by atoms with Crippen LogP contribution in [-0.2, 0) is 9.47 Å². The molecule has 30 heavy (non-hydrogen) atoms. The number of hydrogen-bond donors (Lipinski definition) is 0. The molecule has 0 saturated carbocycles. The average molecular weight is 475 g/mol. The van der Waals surface area contributed by atoms with E-state index >= 15 is 0 Å². The van der Waals surface area contributed by atoms with E-state index in [4.69, 9.17) is 13.9 Å². The minimum absolute atomic E-state index is 0.213. The topological polar surface area (TPSA) is 48.7 Å². The Balaban J connectivity index is 1.93. The molecule has 0 amide bonds. The molecule has 3 aromatic rings. The van der Waals surface area contributed by atoms with Crippen LogP contribution in [0.5, 0.6) is 0 Å². The highest BCUT2D eigenvalue weighted by molar-refractivity contribution is 9.09. The van der Waals surface area contributed by atoms with Crippen LogP contribution in [0.3, 0.4) is 0 Å². The lowest BCUT2D eigenvalue weighted by Crippen LogP contribution is -2.41. The third-order valence-corrected chi connectivity index (χ3v) is 6.43. The zero-order chi connectivity index (χ0) is 21.8. The van der Waals surface area contributed by atoms with Gasteiger partial charge in [0.1, 0.15) is 11.6 Å². The van der Waals surface area contributed by atoms with Crippen molar-refractivity contribution in [3.05, 3.63) is 70.0 Å². The smallest absolute Gasteiger partial charge is 0.343 e. The lowest BCUT2D eigenvalue weighted by atomic mass is 9.90. The van der Waals surface area contributed by atoms with Crippen LogP contribution >= 0.6 is 15.9 Å². The molecule has 158 valence electrons. The summed E-state index contributed by atoms with van der Waals surface area (Å²) in [5.74, 6) is 0.0811. The Hall–Kier alpha value is -2.02. The zero-order valence-electron chi connectivity index (χ0n) is 17.6. The van der Waals surface area contributed by atoms with Crippen molar-refractivity contribution in [2.45, 2.75) is 56.9 Å². The van der Waals surface area contributed by atoms with Crippen molar-refractivity contribution < 1.29 is 18.3 Å². The number of rotatable bonds is 3. The summed E-state index contributed by atoms with van der Waals surface area (Å²) in [5.41, 5.74) is 0.220. The van der Waals surface area contributed by atoms with Gasteiger partial charge in [-0.3, -0.25) is 0 Å². The summed E-state index contributed by atoms with van der Waals surface area (Å²) < 4.78 is 32.6. The molecule has 1 saturated heterocycles. The molecule has 0 spiro atoms. The Labute approximate surface area is 183 Å². The predicted molar refractivity (Wildman–Crippen MR) is 118 cm³/mol. The van der Waals surface area contributed by atoms with Crippen LogP contribution in [0.15, 0.2) is 51.7 Å². The van der Waals surface area contributed by atoms with Gasteiger partial charge in [-0.1, -0.05) is 40.2 Å². The maximum Gasteiger partial charge on any atom is 0.343 e. The Morgan fingerprint density at radius 1 is 1.00 bits per heavy atom. The number of hydrogen-bond acceptors (Lipinski definition) is 4. The summed E-state index contributed by atoms with van der Waals surface area (Å²) in [6.07, 6.45) is -0.832. The number of ether oxygens (including phenoxy) is 2. The molecule has 2 heterocycles. The summed E-state index contributed by atoms with van der Waals surface area (Å²) in [6.45, 7) is 9.60. The Morgan fingerprint density at radius 2 is 1.60 bits per heavy atom. The molecular formula is C24H24BrFO4. The van der Waals surface area contributed by atoms with E-state index in [0.29, 0.717) is 16.7 Å². The molecule has 0 radical (unpaired) electrons. The highest BCUT2D eigenvalue weighted by atomic mass is 79.9. The van der Waals surface area contributed by atoms with Gasteiger partial charge in [0.2, 0.25) is 0 Å². The predicted octanol–water partition coefficient (Wildman–Crippen LogP) is 6.66. The van der Waals surface area contributed by atoms with Crippen molar-refractivity contribution in [3.8, 4) is 11.1 Å². The van der Waals surface area contributed by atoms with Crippen LogP contribution < -0.4 is 5.63 Å². The molecule has 1 aliphatic heterocycles. The van der Waals surface area contributed by atoms with Gasteiger partial charge >= 0.3 is 5.63 Å². The van der Waals surface area contributed by atoms with Gasteiger partial charge in [0.15, 0.2) is 6.29 Å². The van der Waals surface area contributed by atoms with Gasteiger partial charge in [-0.05, 0) is 58.4 Å². The van der Waals surface area contributed by atoms with Crippen molar-refractivity contribution in [2.75, 3.05) is 0 Å². The van der Waals surface area contributed by atoms with E-state index in [9.17, 15) is 9.18 Å². The Bertz CT molecular complexity index is 1160. The Morgan fingerprint density at radius 3 is 2.20 bits per heavy atom. The molecule has 4 nitrogen and oxygen atoms in total. The van der Waals surface area contributed by atoms with Crippen LogP contribution in [0.1, 0.15) is 57.1 Å². The molecule has 1 fully saturated rings. The molecule has 2 aromatic carbocycles. The number of alkyl halides is 1. The monoisotopic (exact) mass is 474 g/mol. The maximum atomic E-state index is 14.8. The fourth-order valence-corrected chi connectivity index (χ4v) is 3.97. The van der Waals surface area contributed by atoms with Gasteiger partial charge in [0.05, 0.1) is 21.4 Å². The van der Waals surface area contributed by atoms with Crippen molar-refractivity contribution in [2.24, 2.45) is 0 Å². The van der Waals surface area contributed by atoms with Crippen LogP contribution in [0.25, 0.3) is 21.9 Å². The molecule has 4 rings (SSSR count). The molecule has 0 N–H and O–H groups in total. The van der Waals surface area contributed by atoms with Gasteiger partial charge in [-0.15, -0.1) is 0 Å². The van der Waals surface area contributed by atoms with Gasteiger partial charge in [-0.25, -0.2) is 9.18 Å². The van der Waals surface area contributed by atoms with Crippen molar-refractivity contribution in [1.29, 1.82) is 0 Å². The number of fused-ring (bicyclic) bond motifs is 1. The van der Waals surface area contributed by atoms with Crippen molar-refractivity contribution >= 4 is 26.7 Å². The van der Waals surface area contributed by atoms with E-state index in [-0.39, 0.29) is 4.83 Å². The van der Waals surface area contributed by atoms with Gasteiger partial charge in [0, 0.05) is 16.5 Å². The highest BCUT2D eigenvalue weighted by Crippen LogP contribution is 2.46. The second-order valence-corrected chi connectivity index (χ2v) is 9.99. The van der Waals surface area contributed by atoms with E-state index in [1.165, 1.54) is 6.07 Å². The molecule has 1 aliphatic rings. The first kappa shape index (κ1) is 21.2. The van der Waals surface area contributed by atoms with Gasteiger partial charge < -0.3 is 13.9 Å². The molecule has 0 bridgehead atoms. The SMILES string of the molecule is CC(Br)c1oc(=O)c2ccccc2c1-c1ccc(F)c(C2OC(C)(C)C(C)(C)O2)c1.